The lowest BCUT2D eigenvalue weighted by molar-refractivity contribution is 0.896. The molecule has 0 aromatic carbocycles. The van der Waals surface area contributed by atoms with Crippen LogP contribution in [0.25, 0.3) is 0 Å². The van der Waals surface area contributed by atoms with E-state index in [-0.39, 0.29) is 0 Å². The average molecular weight is 122 g/mol. The number of hydrogen-bond acceptors (Lipinski definition) is 0. The first-order valence-electron chi connectivity index (χ1n) is 2.35. The van der Waals surface area contributed by atoms with Crippen molar-refractivity contribution in [1.29, 1.82) is 0 Å². The van der Waals surface area contributed by atoms with Gasteiger partial charge in [-0.15, -0.1) is 17.2 Å². The predicted octanol–water partition coefficient (Wildman–Crippen LogP) is 2.26. The molecule has 0 heterocycles. The molecule has 0 aliphatic rings. The Kier molecular flexibility index (Phi) is 6.70. The predicted molar refractivity (Wildman–Crippen MR) is 37.8 cm³/mol. The van der Waals surface area contributed by atoms with Crippen molar-refractivity contribution in [3.8, 4) is 0 Å². The van der Waals surface area contributed by atoms with Crippen molar-refractivity contribution in [2.75, 3.05) is 6.16 Å². The summed E-state index contributed by atoms with van der Waals surface area (Å²) in [7, 11) is 3.84. The molecule has 0 saturated heterocycles. The SMILES string of the molecule is CCCCPP. The third-order valence-electron chi connectivity index (χ3n) is 0.675. The summed E-state index contributed by atoms with van der Waals surface area (Å²) in [6.07, 6.45) is 4.16. The van der Waals surface area contributed by atoms with Gasteiger partial charge in [0.1, 0.15) is 0 Å². The van der Waals surface area contributed by atoms with Crippen LogP contribution >= 0.6 is 17.2 Å². The molecule has 0 amide bonds. The number of rotatable bonds is 3. The van der Waals surface area contributed by atoms with Gasteiger partial charge in [-0.3, -0.25) is 0 Å². The minimum absolute atomic E-state index is 1.08. The van der Waals surface area contributed by atoms with Crippen LogP contribution in [0.4, 0.5) is 0 Å². The lowest BCUT2D eigenvalue weighted by Gasteiger charge is -1.86. The van der Waals surface area contributed by atoms with Crippen molar-refractivity contribution in [1.82, 2.24) is 0 Å². The van der Waals surface area contributed by atoms with E-state index < -0.39 is 0 Å². The van der Waals surface area contributed by atoms with Gasteiger partial charge in [-0.1, -0.05) is 13.3 Å². The molecule has 2 atom stereocenters. The molecular formula is C4H12P2. The maximum Gasteiger partial charge on any atom is -0.0319 e. The largest absolute Gasteiger partial charge is 0.114 e. The Morgan fingerprint density at radius 3 is 2.50 bits per heavy atom. The van der Waals surface area contributed by atoms with E-state index in [1.165, 1.54) is 19.0 Å². The van der Waals surface area contributed by atoms with Crippen LogP contribution in [-0.2, 0) is 0 Å². The van der Waals surface area contributed by atoms with E-state index in [1.807, 2.05) is 0 Å². The molecular weight excluding hydrogens is 110 g/mol. The van der Waals surface area contributed by atoms with Gasteiger partial charge in [0.05, 0.1) is 0 Å². The Balaban J connectivity index is 2.34. The van der Waals surface area contributed by atoms with Gasteiger partial charge < -0.3 is 0 Å². The van der Waals surface area contributed by atoms with Crippen molar-refractivity contribution < 1.29 is 0 Å². The summed E-state index contributed by atoms with van der Waals surface area (Å²) in [4.78, 5) is 0. The van der Waals surface area contributed by atoms with E-state index >= 15 is 0 Å². The van der Waals surface area contributed by atoms with Crippen LogP contribution in [0.1, 0.15) is 19.8 Å². The monoisotopic (exact) mass is 122 g/mol. The van der Waals surface area contributed by atoms with Crippen molar-refractivity contribution in [3.63, 3.8) is 0 Å². The molecule has 0 N–H and O–H groups in total. The van der Waals surface area contributed by atoms with Gasteiger partial charge in [-0.2, -0.15) is 0 Å². The zero-order valence-electron chi connectivity index (χ0n) is 4.20. The number of hydrogen-bond donors (Lipinski definition) is 0. The Bertz CT molecular complexity index is 17.5. The van der Waals surface area contributed by atoms with Crippen LogP contribution < -0.4 is 0 Å². The molecule has 38 valence electrons. The van der Waals surface area contributed by atoms with Gasteiger partial charge in [-0.05, 0) is 12.6 Å². The maximum absolute atomic E-state index is 2.76. The highest BCUT2D eigenvalue weighted by Crippen LogP contribution is 2.20. The van der Waals surface area contributed by atoms with E-state index in [9.17, 15) is 0 Å². The van der Waals surface area contributed by atoms with Crippen molar-refractivity contribution in [2.24, 2.45) is 0 Å². The van der Waals surface area contributed by atoms with Crippen LogP contribution in [0.15, 0.2) is 0 Å². The molecule has 0 aromatic heterocycles. The number of unbranched alkanes of at least 4 members (excludes halogenated alkanes) is 1. The van der Waals surface area contributed by atoms with E-state index in [4.69, 9.17) is 0 Å². The fourth-order valence-corrected chi connectivity index (χ4v) is 1.45. The van der Waals surface area contributed by atoms with Gasteiger partial charge in [0.15, 0.2) is 0 Å². The van der Waals surface area contributed by atoms with Crippen molar-refractivity contribution >= 4 is 17.2 Å². The first kappa shape index (κ1) is 6.86. The van der Waals surface area contributed by atoms with Gasteiger partial charge in [0, 0.05) is 0 Å². The Hall–Kier alpha value is 0.860. The fourth-order valence-electron chi connectivity index (χ4n) is 0.279. The zero-order valence-corrected chi connectivity index (χ0v) is 6.35. The summed E-state index contributed by atoms with van der Waals surface area (Å²) in [5.74, 6) is 0. The highest BCUT2D eigenvalue weighted by atomic mass is 32.0. The molecule has 0 rings (SSSR count). The summed E-state index contributed by atoms with van der Waals surface area (Å²) in [5.41, 5.74) is 0. The second-order valence-corrected chi connectivity index (χ2v) is 3.44. The van der Waals surface area contributed by atoms with Gasteiger partial charge in [-0.25, -0.2) is 0 Å². The molecule has 0 saturated carbocycles. The molecule has 0 aliphatic heterocycles. The van der Waals surface area contributed by atoms with Gasteiger partial charge in [0.2, 0.25) is 0 Å². The second kappa shape index (κ2) is 5.86. The summed E-state index contributed by atoms with van der Waals surface area (Å²) in [6.45, 7) is 2.23. The normalized spacial score (nSPS) is 11.0. The molecule has 0 aromatic rings. The molecule has 2 heteroatoms. The molecule has 0 aliphatic carbocycles. The third-order valence-corrected chi connectivity index (χ3v) is 2.18. The summed E-state index contributed by atoms with van der Waals surface area (Å²) in [6, 6.07) is 0. The van der Waals surface area contributed by atoms with Gasteiger partial charge in [0.25, 0.3) is 0 Å². The minimum atomic E-state index is 1.08. The molecule has 0 bridgehead atoms. The standard InChI is InChI=1S/C4H12P2/c1-2-3-4-6-5/h6H,2-5H2,1H3. The first-order valence-corrected chi connectivity index (χ1v) is 5.37. The minimum Gasteiger partial charge on any atom is -0.114 e. The maximum atomic E-state index is 2.76. The molecule has 0 radical (unpaired) electrons. The lowest BCUT2D eigenvalue weighted by Crippen LogP contribution is -1.66. The zero-order chi connectivity index (χ0) is 4.83. The Labute approximate surface area is 44.0 Å². The highest BCUT2D eigenvalue weighted by molar-refractivity contribution is 8.02. The Morgan fingerprint density at radius 2 is 2.33 bits per heavy atom. The molecule has 6 heavy (non-hydrogen) atoms. The van der Waals surface area contributed by atoms with Crippen LogP contribution in [0.5, 0.6) is 0 Å². The van der Waals surface area contributed by atoms with E-state index in [1.54, 1.807) is 0 Å². The van der Waals surface area contributed by atoms with Crippen molar-refractivity contribution in [2.45, 2.75) is 19.8 Å². The molecule has 0 spiro atoms. The van der Waals surface area contributed by atoms with E-state index in [0.717, 1.165) is 8.27 Å². The smallest absolute Gasteiger partial charge is 0.0319 e. The van der Waals surface area contributed by atoms with Crippen LogP contribution in [0, 0.1) is 0 Å². The van der Waals surface area contributed by atoms with Crippen LogP contribution in [0.3, 0.4) is 0 Å². The third kappa shape index (κ3) is 4.86. The molecule has 0 nitrogen and oxygen atoms in total. The van der Waals surface area contributed by atoms with Crippen molar-refractivity contribution in [3.05, 3.63) is 0 Å². The first-order chi connectivity index (χ1) is 2.91. The highest BCUT2D eigenvalue weighted by Gasteiger charge is 1.75. The lowest BCUT2D eigenvalue weighted by atomic mass is 10.4. The van der Waals surface area contributed by atoms with E-state index in [2.05, 4.69) is 15.9 Å². The summed E-state index contributed by atoms with van der Waals surface area (Å²) < 4.78 is 0. The molecule has 0 fully saturated rings. The molecule has 2 unspecified atom stereocenters. The van der Waals surface area contributed by atoms with Crippen LogP contribution in [0.2, 0.25) is 0 Å². The summed E-state index contributed by atoms with van der Waals surface area (Å²) in [5, 5.41) is 0. The van der Waals surface area contributed by atoms with Gasteiger partial charge >= 0.3 is 0 Å². The quantitative estimate of drug-likeness (QED) is 0.398. The topological polar surface area (TPSA) is 0 Å². The average Bonchev–Trinajstić information content (AvgIpc) is 1.61. The second-order valence-electron chi connectivity index (χ2n) is 1.31. The summed E-state index contributed by atoms with van der Waals surface area (Å²) >= 11 is 0. The fraction of sp³-hybridized carbons (Fsp3) is 1.00. The van der Waals surface area contributed by atoms with E-state index in [0.29, 0.717) is 0 Å². The van der Waals surface area contributed by atoms with Crippen LogP contribution in [-0.4, -0.2) is 6.16 Å². The Morgan fingerprint density at radius 1 is 1.67 bits per heavy atom.